The molecule has 4 nitrogen and oxygen atoms in total. The number of hydrogen-bond donors (Lipinski definition) is 1. The normalized spacial score (nSPS) is 19.9. The molecule has 132 valence electrons. The second-order valence-electron chi connectivity index (χ2n) is 6.26. The third-order valence-electron chi connectivity index (χ3n) is 4.85. The first-order chi connectivity index (χ1) is 11.6. The van der Waals surface area contributed by atoms with Gasteiger partial charge in [-0.3, -0.25) is 0 Å². The molecule has 1 aliphatic carbocycles. The lowest BCUT2D eigenvalue weighted by molar-refractivity contribution is -0.172. The van der Waals surface area contributed by atoms with Crippen LogP contribution < -0.4 is 0 Å². The molecule has 24 heavy (non-hydrogen) atoms. The Bertz CT molecular complexity index is 539. The maximum atomic E-state index is 12.8. The lowest BCUT2D eigenvalue weighted by Gasteiger charge is -2.34. The average Bonchev–Trinajstić information content (AvgIpc) is 2.65. The SMILES string of the molecule is CCN(CC)CCOC(=O)[C@@](O)(c1ccccc1)[C@@H]1C=CCCC1. The molecule has 2 atom stereocenters. The summed E-state index contributed by atoms with van der Waals surface area (Å²) in [4.78, 5) is 15.0. The molecule has 0 unspecified atom stereocenters. The van der Waals surface area contributed by atoms with Crippen LogP contribution in [0.5, 0.6) is 0 Å². The lowest BCUT2D eigenvalue weighted by Crippen LogP contribution is -2.45. The van der Waals surface area contributed by atoms with Gasteiger partial charge in [-0.1, -0.05) is 56.3 Å². The Morgan fingerprint density at radius 2 is 2.00 bits per heavy atom. The molecular formula is C20H29NO3. The number of nitrogens with zero attached hydrogens (tertiary/aromatic N) is 1. The number of ether oxygens (including phenoxy) is 1. The molecule has 0 saturated carbocycles. The number of hydrogen-bond acceptors (Lipinski definition) is 4. The molecule has 0 aliphatic heterocycles. The van der Waals surface area contributed by atoms with Crippen molar-refractivity contribution in [2.24, 2.45) is 5.92 Å². The van der Waals surface area contributed by atoms with Crippen molar-refractivity contribution >= 4 is 5.97 Å². The highest BCUT2D eigenvalue weighted by molar-refractivity contribution is 5.82. The number of carbonyl (C=O) groups excluding carboxylic acids is 1. The van der Waals surface area contributed by atoms with E-state index in [9.17, 15) is 9.90 Å². The predicted molar refractivity (Wildman–Crippen MR) is 95.6 cm³/mol. The van der Waals surface area contributed by atoms with Crippen LogP contribution in [0.3, 0.4) is 0 Å². The van der Waals surface area contributed by atoms with Gasteiger partial charge in [0.15, 0.2) is 5.60 Å². The highest BCUT2D eigenvalue weighted by Crippen LogP contribution is 2.37. The fraction of sp³-hybridized carbons (Fsp3) is 0.550. The molecule has 1 N–H and O–H groups in total. The lowest BCUT2D eigenvalue weighted by atomic mass is 9.76. The molecule has 0 spiro atoms. The van der Waals surface area contributed by atoms with Crippen LogP contribution >= 0.6 is 0 Å². The van der Waals surface area contributed by atoms with Gasteiger partial charge in [0, 0.05) is 12.5 Å². The summed E-state index contributed by atoms with van der Waals surface area (Å²) >= 11 is 0. The van der Waals surface area contributed by atoms with Crippen molar-refractivity contribution in [2.45, 2.75) is 38.7 Å². The van der Waals surface area contributed by atoms with Gasteiger partial charge >= 0.3 is 5.97 Å². The van der Waals surface area contributed by atoms with Crippen molar-refractivity contribution in [3.05, 3.63) is 48.0 Å². The second-order valence-corrected chi connectivity index (χ2v) is 6.26. The Balaban J connectivity index is 2.15. The Kier molecular flexibility index (Phi) is 7.00. The van der Waals surface area contributed by atoms with E-state index < -0.39 is 11.6 Å². The maximum absolute atomic E-state index is 12.8. The van der Waals surface area contributed by atoms with Crippen LogP contribution in [0.4, 0.5) is 0 Å². The average molecular weight is 331 g/mol. The van der Waals surface area contributed by atoms with E-state index in [0.29, 0.717) is 18.7 Å². The highest BCUT2D eigenvalue weighted by atomic mass is 16.5. The monoisotopic (exact) mass is 331 g/mol. The van der Waals surface area contributed by atoms with Crippen molar-refractivity contribution in [3.63, 3.8) is 0 Å². The Hall–Kier alpha value is -1.65. The number of aliphatic hydroxyl groups is 1. The summed E-state index contributed by atoms with van der Waals surface area (Å²) in [6.45, 7) is 6.98. The standard InChI is InChI=1S/C20H29NO3/c1-3-21(4-2)15-16-24-19(22)20(23,17-11-7-5-8-12-17)18-13-9-6-10-14-18/h5,7-9,11-13,18,23H,3-4,6,10,14-16H2,1-2H3/t18-,20-/m1/s1. The van der Waals surface area contributed by atoms with Crippen molar-refractivity contribution in [1.82, 2.24) is 4.90 Å². The smallest absolute Gasteiger partial charge is 0.343 e. The minimum atomic E-state index is -1.61. The van der Waals surface area contributed by atoms with Gasteiger partial charge in [0.2, 0.25) is 0 Å². The molecule has 1 aromatic carbocycles. The molecule has 0 saturated heterocycles. The van der Waals surface area contributed by atoms with Crippen LogP contribution in [0.15, 0.2) is 42.5 Å². The minimum Gasteiger partial charge on any atom is -0.462 e. The van der Waals surface area contributed by atoms with Crippen LogP contribution in [0.2, 0.25) is 0 Å². The molecule has 0 heterocycles. The largest absolute Gasteiger partial charge is 0.462 e. The van der Waals surface area contributed by atoms with Gasteiger partial charge in [-0.15, -0.1) is 0 Å². The van der Waals surface area contributed by atoms with E-state index in [0.717, 1.165) is 32.4 Å². The molecule has 0 amide bonds. The zero-order valence-electron chi connectivity index (χ0n) is 14.8. The second kappa shape index (κ2) is 9.00. The molecule has 0 aromatic heterocycles. The molecule has 0 bridgehead atoms. The summed E-state index contributed by atoms with van der Waals surface area (Å²) in [7, 11) is 0. The van der Waals surface area contributed by atoms with Gasteiger partial charge < -0.3 is 14.7 Å². The van der Waals surface area contributed by atoms with Gasteiger partial charge in [0.25, 0.3) is 0 Å². The number of esters is 1. The van der Waals surface area contributed by atoms with E-state index in [2.05, 4.69) is 18.7 Å². The summed E-state index contributed by atoms with van der Waals surface area (Å²) in [5.41, 5.74) is -1.00. The fourth-order valence-corrected chi connectivity index (χ4v) is 3.25. The molecule has 1 aromatic rings. The number of likely N-dealkylation sites (N-methyl/N-ethyl adjacent to an activating group) is 1. The van der Waals surface area contributed by atoms with Crippen LogP contribution in [0.1, 0.15) is 38.7 Å². The molecule has 0 fully saturated rings. The summed E-state index contributed by atoms with van der Waals surface area (Å²) in [5.74, 6) is -0.785. The number of rotatable bonds is 8. The zero-order valence-corrected chi connectivity index (χ0v) is 14.8. The third kappa shape index (κ3) is 4.25. The molecule has 4 heteroatoms. The van der Waals surface area contributed by atoms with E-state index in [1.165, 1.54) is 0 Å². The first-order valence-corrected chi connectivity index (χ1v) is 8.97. The number of carbonyl (C=O) groups is 1. The van der Waals surface area contributed by atoms with Crippen LogP contribution in [-0.2, 0) is 15.1 Å². The minimum absolute atomic E-state index is 0.241. The summed E-state index contributed by atoms with van der Waals surface area (Å²) < 4.78 is 5.48. The fourth-order valence-electron chi connectivity index (χ4n) is 3.25. The Morgan fingerprint density at radius 3 is 2.58 bits per heavy atom. The van der Waals surface area contributed by atoms with E-state index >= 15 is 0 Å². The summed E-state index contributed by atoms with van der Waals surface area (Å²) in [6.07, 6.45) is 6.77. The molecule has 2 rings (SSSR count). The quantitative estimate of drug-likeness (QED) is 0.587. The van der Waals surface area contributed by atoms with Crippen molar-refractivity contribution < 1.29 is 14.6 Å². The summed E-state index contributed by atoms with van der Waals surface area (Å²) in [5, 5.41) is 11.3. The van der Waals surface area contributed by atoms with Crippen LogP contribution in [-0.4, -0.2) is 42.2 Å². The number of allylic oxidation sites excluding steroid dienone is 1. The van der Waals surface area contributed by atoms with Gasteiger partial charge in [-0.25, -0.2) is 4.79 Å². The summed E-state index contributed by atoms with van der Waals surface area (Å²) in [6, 6.07) is 9.17. The Morgan fingerprint density at radius 1 is 1.29 bits per heavy atom. The first kappa shape index (κ1) is 18.7. The van der Waals surface area contributed by atoms with E-state index in [1.807, 2.05) is 30.4 Å². The van der Waals surface area contributed by atoms with Gasteiger partial charge in [0.1, 0.15) is 6.61 Å². The molecular weight excluding hydrogens is 302 g/mol. The van der Waals surface area contributed by atoms with Crippen LogP contribution in [0, 0.1) is 5.92 Å². The van der Waals surface area contributed by atoms with E-state index in [4.69, 9.17) is 4.74 Å². The first-order valence-electron chi connectivity index (χ1n) is 8.97. The van der Waals surface area contributed by atoms with E-state index in [1.54, 1.807) is 12.1 Å². The number of benzene rings is 1. The third-order valence-corrected chi connectivity index (χ3v) is 4.85. The van der Waals surface area contributed by atoms with Gasteiger partial charge in [-0.2, -0.15) is 0 Å². The Labute approximate surface area is 145 Å². The van der Waals surface area contributed by atoms with Gasteiger partial charge in [0.05, 0.1) is 0 Å². The molecule has 0 radical (unpaired) electrons. The van der Waals surface area contributed by atoms with Gasteiger partial charge in [-0.05, 0) is 37.9 Å². The van der Waals surface area contributed by atoms with Crippen molar-refractivity contribution in [1.29, 1.82) is 0 Å². The van der Waals surface area contributed by atoms with E-state index in [-0.39, 0.29) is 5.92 Å². The highest BCUT2D eigenvalue weighted by Gasteiger charge is 2.46. The molecule has 1 aliphatic rings. The van der Waals surface area contributed by atoms with Crippen molar-refractivity contribution in [3.8, 4) is 0 Å². The maximum Gasteiger partial charge on any atom is 0.343 e. The van der Waals surface area contributed by atoms with Crippen molar-refractivity contribution in [2.75, 3.05) is 26.2 Å². The zero-order chi connectivity index (χ0) is 17.4. The topological polar surface area (TPSA) is 49.8 Å². The predicted octanol–water partition coefficient (Wildman–Crippen LogP) is 3.12. The van der Waals surface area contributed by atoms with Crippen LogP contribution in [0.25, 0.3) is 0 Å².